The van der Waals surface area contributed by atoms with E-state index in [2.05, 4.69) is 15.6 Å². The van der Waals surface area contributed by atoms with Crippen molar-refractivity contribution < 1.29 is 14.6 Å². The lowest BCUT2D eigenvalue weighted by Crippen LogP contribution is -2.44. The molecule has 0 radical (unpaired) electrons. The van der Waals surface area contributed by atoms with Crippen LogP contribution in [0.3, 0.4) is 0 Å². The highest BCUT2D eigenvalue weighted by Crippen LogP contribution is 2.36. The summed E-state index contributed by atoms with van der Waals surface area (Å²) in [4.78, 5) is 4.59. The van der Waals surface area contributed by atoms with E-state index in [1.165, 1.54) is 0 Å². The number of nitrogens with zero attached hydrogens (tertiary/aromatic N) is 1. The van der Waals surface area contributed by atoms with Crippen LogP contribution in [0.15, 0.2) is 34.0 Å². The molecule has 28 heavy (non-hydrogen) atoms. The van der Waals surface area contributed by atoms with Gasteiger partial charge in [-0.15, -0.1) is 0 Å². The largest absolute Gasteiger partial charge is 0.493 e. The number of nitrogens with one attached hydrogen (secondary N) is 2. The third kappa shape index (κ3) is 6.02. The summed E-state index contributed by atoms with van der Waals surface area (Å²) in [5.41, 5.74) is 0.790. The summed E-state index contributed by atoms with van der Waals surface area (Å²) in [7, 11) is 1.58. The zero-order valence-corrected chi connectivity index (χ0v) is 18.3. The number of thiophene rings is 1. The van der Waals surface area contributed by atoms with Gasteiger partial charge in [0.05, 0.1) is 31.8 Å². The molecule has 1 unspecified atom stereocenters. The van der Waals surface area contributed by atoms with E-state index in [4.69, 9.17) is 21.1 Å². The molecule has 0 amide bonds. The molecule has 0 saturated carbocycles. The molecule has 8 heteroatoms. The Kier molecular flexibility index (Phi) is 8.41. The number of ether oxygens (including phenoxy) is 2. The van der Waals surface area contributed by atoms with Crippen molar-refractivity contribution in [3.05, 3.63) is 45.1 Å². The minimum absolute atomic E-state index is 0.336. The first-order valence-corrected chi connectivity index (χ1v) is 10.5. The van der Waals surface area contributed by atoms with Gasteiger partial charge in [-0.1, -0.05) is 11.6 Å². The fraction of sp³-hybridized carbons (Fsp3) is 0.450. The molecule has 1 atom stereocenters. The van der Waals surface area contributed by atoms with Gasteiger partial charge in [-0.05, 0) is 60.9 Å². The van der Waals surface area contributed by atoms with Crippen LogP contribution >= 0.6 is 22.9 Å². The molecule has 0 aliphatic heterocycles. The van der Waals surface area contributed by atoms with Gasteiger partial charge in [-0.2, -0.15) is 11.3 Å². The third-order valence-electron chi connectivity index (χ3n) is 4.09. The Morgan fingerprint density at radius 3 is 2.71 bits per heavy atom. The molecular formula is C20H28ClN3O3S. The number of aliphatic hydroxyl groups is 1. The third-order valence-corrected chi connectivity index (χ3v) is 5.05. The number of hydrogen-bond donors (Lipinski definition) is 3. The van der Waals surface area contributed by atoms with Crippen molar-refractivity contribution in [2.75, 3.05) is 26.8 Å². The van der Waals surface area contributed by atoms with Gasteiger partial charge >= 0.3 is 0 Å². The van der Waals surface area contributed by atoms with E-state index in [1.807, 2.05) is 42.8 Å². The van der Waals surface area contributed by atoms with Gasteiger partial charge in [0, 0.05) is 6.54 Å². The van der Waals surface area contributed by atoms with Crippen LogP contribution in [0.1, 0.15) is 31.9 Å². The van der Waals surface area contributed by atoms with E-state index >= 15 is 0 Å². The maximum Gasteiger partial charge on any atom is 0.191 e. The normalized spacial score (nSPS) is 13.7. The number of hydrogen-bond acceptors (Lipinski definition) is 5. The van der Waals surface area contributed by atoms with Crippen molar-refractivity contribution in [1.29, 1.82) is 0 Å². The summed E-state index contributed by atoms with van der Waals surface area (Å²) in [6.45, 7) is 7.62. The second-order valence-corrected chi connectivity index (χ2v) is 7.56. The molecule has 3 N–H and O–H groups in total. The number of guanidine groups is 1. The Morgan fingerprint density at radius 1 is 1.32 bits per heavy atom. The zero-order valence-electron chi connectivity index (χ0n) is 16.7. The lowest BCUT2D eigenvalue weighted by atomic mass is 9.99. The summed E-state index contributed by atoms with van der Waals surface area (Å²) in [5, 5.41) is 21.4. The van der Waals surface area contributed by atoms with Gasteiger partial charge in [0.25, 0.3) is 0 Å². The van der Waals surface area contributed by atoms with Crippen molar-refractivity contribution in [3.8, 4) is 11.5 Å². The van der Waals surface area contributed by atoms with Gasteiger partial charge in [0.2, 0.25) is 0 Å². The maximum atomic E-state index is 10.7. The van der Waals surface area contributed by atoms with Crippen molar-refractivity contribution in [1.82, 2.24) is 10.6 Å². The quantitative estimate of drug-likeness (QED) is 0.421. The number of rotatable bonds is 9. The summed E-state index contributed by atoms with van der Waals surface area (Å²) in [5.74, 6) is 1.73. The molecule has 0 aliphatic rings. The minimum atomic E-state index is -0.984. The van der Waals surface area contributed by atoms with E-state index in [0.29, 0.717) is 48.7 Å². The van der Waals surface area contributed by atoms with Crippen molar-refractivity contribution in [3.63, 3.8) is 0 Å². The Hall–Kier alpha value is -1.96. The zero-order chi connectivity index (χ0) is 20.6. The maximum absolute atomic E-state index is 10.7. The molecular weight excluding hydrogens is 398 g/mol. The van der Waals surface area contributed by atoms with Crippen LogP contribution in [0, 0.1) is 0 Å². The number of aliphatic imine (C=N–C) groups is 1. The van der Waals surface area contributed by atoms with Gasteiger partial charge in [-0.25, -0.2) is 4.99 Å². The summed E-state index contributed by atoms with van der Waals surface area (Å²) < 4.78 is 10.9. The van der Waals surface area contributed by atoms with E-state index in [-0.39, 0.29) is 0 Å². The Bertz CT molecular complexity index is 779. The van der Waals surface area contributed by atoms with Crippen LogP contribution < -0.4 is 20.1 Å². The second kappa shape index (κ2) is 10.5. The monoisotopic (exact) mass is 425 g/mol. The average Bonchev–Trinajstić information content (AvgIpc) is 3.21. The molecule has 154 valence electrons. The lowest BCUT2D eigenvalue weighted by molar-refractivity contribution is 0.0621. The molecule has 1 aromatic carbocycles. The predicted molar refractivity (Wildman–Crippen MR) is 116 cm³/mol. The van der Waals surface area contributed by atoms with Crippen LogP contribution in [-0.4, -0.2) is 37.9 Å². The van der Waals surface area contributed by atoms with E-state index in [9.17, 15) is 5.11 Å². The molecule has 2 aromatic rings. The van der Waals surface area contributed by atoms with Crippen LogP contribution in [-0.2, 0) is 12.1 Å². The van der Waals surface area contributed by atoms with Crippen molar-refractivity contribution in [2.45, 2.75) is 32.9 Å². The SMILES string of the molecule is CCNC(=NCc1cc(Cl)c(OCC)c(OC)c1)NCC(C)(O)c1ccsc1. The first-order valence-electron chi connectivity index (χ1n) is 9.17. The molecule has 1 aromatic heterocycles. The van der Waals surface area contributed by atoms with Crippen LogP contribution in [0.2, 0.25) is 5.02 Å². The first-order chi connectivity index (χ1) is 13.4. The lowest BCUT2D eigenvalue weighted by Gasteiger charge is -2.24. The summed E-state index contributed by atoms with van der Waals surface area (Å²) in [6, 6.07) is 5.61. The standard InChI is InChI=1S/C20H28ClN3O3S/c1-5-22-19(24-13-20(3,25)15-7-8-28-12-15)23-11-14-9-16(21)18(27-6-2)17(10-14)26-4/h7-10,12,25H,5-6,11,13H2,1-4H3,(H2,22,23,24). The van der Waals surface area contributed by atoms with Crippen LogP contribution in [0.5, 0.6) is 11.5 Å². The second-order valence-electron chi connectivity index (χ2n) is 6.38. The highest BCUT2D eigenvalue weighted by Gasteiger charge is 2.23. The van der Waals surface area contributed by atoms with Crippen LogP contribution in [0.4, 0.5) is 0 Å². The van der Waals surface area contributed by atoms with E-state index in [0.717, 1.165) is 11.1 Å². The van der Waals surface area contributed by atoms with E-state index < -0.39 is 5.60 Å². The topological polar surface area (TPSA) is 75.1 Å². The number of halogens is 1. The van der Waals surface area contributed by atoms with Gasteiger partial charge in [0.15, 0.2) is 17.5 Å². The minimum Gasteiger partial charge on any atom is -0.493 e. The molecule has 0 aliphatic carbocycles. The van der Waals surface area contributed by atoms with Crippen molar-refractivity contribution in [2.24, 2.45) is 4.99 Å². The Balaban J connectivity index is 2.11. The Labute approximate surface area is 175 Å². The number of methoxy groups -OCH3 is 1. The van der Waals surface area contributed by atoms with Gasteiger partial charge in [0.1, 0.15) is 5.60 Å². The molecule has 0 bridgehead atoms. The number of benzene rings is 1. The van der Waals surface area contributed by atoms with Gasteiger partial charge < -0.3 is 25.2 Å². The fourth-order valence-electron chi connectivity index (χ4n) is 2.59. The highest BCUT2D eigenvalue weighted by molar-refractivity contribution is 7.08. The average molecular weight is 426 g/mol. The highest BCUT2D eigenvalue weighted by atomic mass is 35.5. The molecule has 6 nitrogen and oxygen atoms in total. The predicted octanol–water partition coefficient (Wildman–Crippen LogP) is 3.77. The molecule has 1 heterocycles. The summed E-state index contributed by atoms with van der Waals surface area (Å²) in [6.07, 6.45) is 0. The molecule has 0 fully saturated rings. The van der Waals surface area contributed by atoms with E-state index in [1.54, 1.807) is 25.4 Å². The van der Waals surface area contributed by atoms with Gasteiger partial charge in [-0.3, -0.25) is 0 Å². The Morgan fingerprint density at radius 2 is 2.11 bits per heavy atom. The fourth-order valence-corrected chi connectivity index (χ4v) is 3.66. The van der Waals surface area contributed by atoms with Crippen molar-refractivity contribution >= 4 is 28.9 Å². The van der Waals surface area contributed by atoms with Crippen LogP contribution in [0.25, 0.3) is 0 Å². The molecule has 0 saturated heterocycles. The summed E-state index contributed by atoms with van der Waals surface area (Å²) >= 11 is 7.89. The first kappa shape index (κ1) is 22.3. The molecule has 2 rings (SSSR count). The molecule has 0 spiro atoms. The smallest absolute Gasteiger partial charge is 0.191 e.